The number of ether oxygens (including phenoxy) is 1. The summed E-state index contributed by atoms with van der Waals surface area (Å²) in [5.74, 6) is -0.185. The minimum atomic E-state index is -0.185. The summed E-state index contributed by atoms with van der Waals surface area (Å²) in [6, 6.07) is 6.27. The van der Waals surface area contributed by atoms with Crippen LogP contribution in [0.2, 0.25) is 0 Å². The molecule has 1 amide bonds. The Morgan fingerprint density at radius 2 is 2.03 bits per heavy atom. The summed E-state index contributed by atoms with van der Waals surface area (Å²) < 4.78 is 5.84. The Bertz CT molecular complexity index is 1070. The molecule has 0 radical (unpaired) electrons. The number of aromatic amines is 1. The van der Waals surface area contributed by atoms with Gasteiger partial charge in [-0.1, -0.05) is 20.3 Å². The zero-order valence-corrected chi connectivity index (χ0v) is 22.5. The maximum absolute atomic E-state index is 13.3. The standard InChI is InChI=1S/C27H40N4O3S/c1-6-8-10-28-20-14-22(18(4)24(15-20)31-19-9-11-34-21(7-2)13-19)26(32)29-16-23-25(35-5)12-17(3)30-27(23)33/h12,14-15,19,21,28,31H,6-11,13,16H2,1-5H3,(H,29,32)(H,30,33). The van der Waals surface area contributed by atoms with E-state index in [0.717, 1.165) is 72.8 Å². The van der Waals surface area contributed by atoms with Gasteiger partial charge in [-0.15, -0.1) is 11.8 Å². The Kier molecular flexibility index (Phi) is 10.1. The fourth-order valence-corrected chi connectivity index (χ4v) is 5.13. The molecule has 2 aromatic rings. The summed E-state index contributed by atoms with van der Waals surface area (Å²) in [5.41, 5.74) is 4.65. The predicted octanol–water partition coefficient (Wildman–Crippen LogP) is 5.23. The molecule has 1 aliphatic rings. The molecule has 0 bridgehead atoms. The molecule has 1 aromatic carbocycles. The van der Waals surface area contributed by atoms with Crippen molar-refractivity contribution in [1.29, 1.82) is 0 Å². The third-order valence-corrected chi connectivity index (χ3v) is 7.37. The van der Waals surface area contributed by atoms with Crippen LogP contribution in [-0.2, 0) is 11.3 Å². The number of thioether (sulfide) groups is 1. The van der Waals surface area contributed by atoms with Crippen molar-refractivity contribution in [2.75, 3.05) is 30.0 Å². The zero-order valence-electron chi connectivity index (χ0n) is 21.7. The molecule has 2 unspecified atom stereocenters. The van der Waals surface area contributed by atoms with Gasteiger partial charge in [-0.05, 0) is 69.5 Å². The molecule has 1 saturated heterocycles. The van der Waals surface area contributed by atoms with Crippen molar-refractivity contribution >= 4 is 29.0 Å². The smallest absolute Gasteiger partial charge is 0.254 e. The number of rotatable bonds is 11. The fourth-order valence-electron chi connectivity index (χ4n) is 4.43. The third-order valence-electron chi connectivity index (χ3n) is 6.57. The summed E-state index contributed by atoms with van der Waals surface area (Å²) in [6.45, 7) is 9.94. The summed E-state index contributed by atoms with van der Waals surface area (Å²) in [5, 5.41) is 10.1. The molecular weight excluding hydrogens is 460 g/mol. The molecule has 0 saturated carbocycles. The molecule has 4 N–H and O–H groups in total. The number of hydrogen-bond acceptors (Lipinski definition) is 6. The van der Waals surface area contributed by atoms with Crippen molar-refractivity contribution < 1.29 is 9.53 Å². The molecule has 0 aliphatic carbocycles. The number of benzene rings is 1. The van der Waals surface area contributed by atoms with Gasteiger partial charge >= 0.3 is 0 Å². The lowest BCUT2D eigenvalue weighted by atomic mass is 9.99. The molecule has 8 heteroatoms. The molecule has 0 spiro atoms. The highest BCUT2D eigenvalue weighted by molar-refractivity contribution is 7.98. The van der Waals surface area contributed by atoms with Gasteiger partial charge in [0.1, 0.15) is 0 Å². The van der Waals surface area contributed by atoms with E-state index in [2.05, 4.69) is 40.8 Å². The van der Waals surface area contributed by atoms with Gasteiger partial charge in [-0.3, -0.25) is 9.59 Å². The van der Waals surface area contributed by atoms with Gasteiger partial charge in [0.15, 0.2) is 0 Å². The Balaban J connectivity index is 1.84. The molecule has 2 heterocycles. The van der Waals surface area contributed by atoms with E-state index >= 15 is 0 Å². The largest absolute Gasteiger partial charge is 0.385 e. The second kappa shape index (κ2) is 13.0. The Morgan fingerprint density at radius 1 is 1.23 bits per heavy atom. The SMILES string of the molecule is CCCCNc1cc(NC2CCOC(CC)C2)c(C)c(C(=O)NCc2c(SC)cc(C)[nH]c2=O)c1. The van der Waals surface area contributed by atoms with Crippen LogP contribution in [0.4, 0.5) is 11.4 Å². The highest BCUT2D eigenvalue weighted by Crippen LogP contribution is 2.29. The molecule has 1 aromatic heterocycles. The second-order valence-electron chi connectivity index (χ2n) is 9.25. The summed E-state index contributed by atoms with van der Waals surface area (Å²) in [4.78, 5) is 29.6. The number of aryl methyl sites for hydroxylation is 1. The van der Waals surface area contributed by atoms with E-state index in [1.54, 1.807) is 0 Å². The maximum atomic E-state index is 13.3. The second-order valence-corrected chi connectivity index (χ2v) is 10.1. The number of nitrogens with one attached hydrogen (secondary N) is 4. The zero-order chi connectivity index (χ0) is 25.4. The van der Waals surface area contributed by atoms with E-state index in [-0.39, 0.29) is 24.1 Å². The highest BCUT2D eigenvalue weighted by Gasteiger charge is 2.23. The van der Waals surface area contributed by atoms with Crippen molar-refractivity contribution in [3.05, 3.63) is 50.9 Å². The molecular formula is C27H40N4O3S. The van der Waals surface area contributed by atoms with Crippen LogP contribution in [0.15, 0.2) is 27.9 Å². The number of H-pyrrole nitrogens is 1. The van der Waals surface area contributed by atoms with Crippen LogP contribution in [0.3, 0.4) is 0 Å². The van der Waals surface area contributed by atoms with Crippen LogP contribution in [0.25, 0.3) is 0 Å². The Morgan fingerprint density at radius 3 is 2.74 bits per heavy atom. The van der Waals surface area contributed by atoms with Crippen molar-refractivity contribution in [2.45, 2.75) is 83.4 Å². The number of pyridine rings is 1. The van der Waals surface area contributed by atoms with Gasteiger partial charge in [0.2, 0.25) is 0 Å². The average molecular weight is 501 g/mol. The van der Waals surface area contributed by atoms with Crippen LogP contribution < -0.4 is 21.5 Å². The molecule has 1 fully saturated rings. The van der Waals surface area contributed by atoms with Crippen molar-refractivity contribution in [3.63, 3.8) is 0 Å². The van der Waals surface area contributed by atoms with Crippen LogP contribution in [0.5, 0.6) is 0 Å². The molecule has 35 heavy (non-hydrogen) atoms. The van der Waals surface area contributed by atoms with Crippen molar-refractivity contribution in [2.24, 2.45) is 0 Å². The van der Waals surface area contributed by atoms with Gasteiger partial charge in [0.05, 0.1) is 6.10 Å². The predicted molar refractivity (Wildman–Crippen MR) is 146 cm³/mol. The van der Waals surface area contributed by atoms with E-state index in [0.29, 0.717) is 17.2 Å². The van der Waals surface area contributed by atoms with E-state index in [4.69, 9.17) is 4.74 Å². The van der Waals surface area contributed by atoms with Gasteiger partial charge < -0.3 is 25.7 Å². The van der Waals surface area contributed by atoms with Gasteiger partial charge in [0.25, 0.3) is 11.5 Å². The number of unbranched alkanes of at least 4 members (excludes halogenated alkanes) is 1. The first kappa shape index (κ1) is 27.1. The number of carbonyl (C=O) groups excluding carboxylic acids is 1. The quantitative estimate of drug-likeness (QED) is 0.249. The van der Waals surface area contributed by atoms with E-state index in [9.17, 15) is 9.59 Å². The lowest BCUT2D eigenvalue weighted by Gasteiger charge is -2.31. The number of anilines is 2. The van der Waals surface area contributed by atoms with E-state index in [1.165, 1.54) is 11.8 Å². The molecule has 2 atom stereocenters. The Labute approximate surface area is 213 Å². The minimum Gasteiger partial charge on any atom is -0.385 e. The van der Waals surface area contributed by atoms with Gasteiger partial charge in [-0.2, -0.15) is 0 Å². The lowest BCUT2D eigenvalue weighted by Crippen LogP contribution is -2.34. The molecule has 7 nitrogen and oxygen atoms in total. The van der Waals surface area contributed by atoms with Gasteiger partial charge in [-0.25, -0.2) is 0 Å². The fraction of sp³-hybridized carbons (Fsp3) is 0.556. The van der Waals surface area contributed by atoms with Crippen LogP contribution in [-0.4, -0.2) is 42.4 Å². The molecule has 3 rings (SSSR count). The van der Waals surface area contributed by atoms with Crippen molar-refractivity contribution in [1.82, 2.24) is 10.3 Å². The summed E-state index contributed by atoms with van der Waals surface area (Å²) in [7, 11) is 0. The number of amides is 1. The Hall–Kier alpha value is -2.45. The van der Waals surface area contributed by atoms with Gasteiger partial charge in [0, 0.05) is 58.8 Å². The lowest BCUT2D eigenvalue weighted by molar-refractivity contribution is 0.00924. The first-order chi connectivity index (χ1) is 16.9. The first-order valence-electron chi connectivity index (χ1n) is 12.7. The van der Waals surface area contributed by atoms with Crippen LogP contribution in [0, 0.1) is 13.8 Å². The molecule has 192 valence electrons. The average Bonchev–Trinajstić information content (AvgIpc) is 2.84. The van der Waals surface area contributed by atoms with E-state index < -0.39 is 0 Å². The maximum Gasteiger partial charge on any atom is 0.254 e. The first-order valence-corrected chi connectivity index (χ1v) is 13.9. The topological polar surface area (TPSA) is 95.2 Å². The van der Waals surface area contributed by atoms with Crippen LogP contribution in [0.1, 0.15) is 73.1 Å². The number of hydrogen-bond donors (Lipinski definition) is 4. The normalized spacial score (nSPS) is 17.7. The highest BCUT2D eigenvalue weighted by atomic mass is 32.2. The molecule has 1 aliphatic heterocycles. The monoisotopic (exact) mass is 500 g/mol. The van der Waals surface area contributed by atoms with Crippen LogP contribution >= 0.6 is 11.8 Å². The van der Waals surface area contributed by atoms with E-state index in [1.807, 2.05) is 32.2 Å². The summed E-state index contributed by atoms with van der Waals surface area (Å²) in [6.07, 6.45) is 7.27. The summed E-state index contributed by atoms with van der Waals surface area (Å²) >= 11 is 1.51. The minimum absolute atomic E-state index is 0.159. The number of carbonyl (C=O) groups is 1. The van der Waals surface area contributed by atoms with Crippen molar-refractivity contribution in [3.8, 4) is 0 Å². The number of aromatic nitrogens is 1. The third kappa shape index (κ3) is 7.27.